The number of rotatable bonds is 4. The van der Waals surface area contributed by atoms with Crippen LogP contribution in [-0.2, 0) is 4.79 Å². The van der Waals surface area contributed by atoms with Gasteiger partial charge in [0.2, 0.25) is 0 Å². The molecule has 3 rings (SSSR count). The fourth-order valence-corrected chi connectivity index (χ4v) is 2.60. The van der Waals surface area contributed by atoms with Gasteiger partial charge in [0.1, 0.15) is 11.3 Å². The molecule has 1 atom stereocenters. The Morgan fingerprint density at radius 2 is 1.92 bits per heavy atom. The second-order valence-electron chi connectivity index (χ2n) is 5.90. The molecule has 0 aliphatic carbocycles. The first-order valence-electron chi connectivity index (χ1n) is 7.93. The van der Waals surface area contributed by atoms with Crippen LogP contribution in [0.2, 0.25) is 0 Å². The minimum absolute atomic E-state index is 0.185. The van der Waals surface area contributed by atoms with E-state index in [1.54, 1.807) is 13.1 Å². The molecule has 1 aromatic heterocycles. The average molecular weight is 320 g/mol. The summed E-state index contributed by atoms with van der Waals surface area (Å²) in [6.45, 7) is 5.74. The topological polar surface area (TPSA) is 51.2 Å². The molecule has 0 spiro atoms. The van der Waals surface area contributed by atoms with E-state index in [4.69, 9.17) is 4.74 Å². The molecule has 0 unspecified atom stereocenters. The van der Waals surface area contributed by atoms with Gasteiger partial charge in [-0.15, -0.1) is 0 Å². The number of benzene rings is 2. The number of carbonyl (C=O) groups is 1. The van der Waals surface area contributed by atoms with Gasteiger partial charge >= 0.3 is 0 Å². The third-order valence-corrected chi connectivity index (χ3v) is 3.91. The van der Waals surface area contributed by atoms with Crippen LogP contribution in [0.15, 0.2) is 54.7 Å². The molecule has 1 N–H and O–H groups in total. The SMILES string of the molecule is Cc1ccc(NC(=O)[C@@H](C)Oc2cccc3cccnc23)c(C)c1. The van der Waals surface area contributed by atoms with Crippen molar-refractivity contribution in [1.82, 2.24) is 4.98 Å². The zero-order valence-corrected chi connectivity index (χ0v) is 14.0. The average Bonchev–Trinajstić information content (AvgIpc) is 2.57. The standard InChI is InChI=1S/C20H20N2O2/c1-13-9-10-17(14(2)12-13)22-20(23)15(3)24-18-8-4-6-16-7-5-11-21-19(16)18/h4-12,15H,1-3H3,(H,22,23)/t15-/m1/s1. The van der Waals surface area contributed by atoms with Crippen LogP contribution < -0.4 is 10.1 Å². The predicted molar refractivity (Wildman–Crippen MR) is 96.4 cm³/mol. The van der Waals surface area contributed by atoms with Crippen LogP contribution in [0.4, 0.5) is 5.69 Å². The summed E-state index contributed by atoms with van der Waals surface area (Å²) in [5.41, 5.74) is 3.75. The van der Waals surface area contributed by atoms with Gasteiger partial charge in [0.15, 0.2) is 6.10 Å². The first-order chi connectivity index (χ1) is 11.5. The number of hydrogen-bond acceptors (Lipinski definition) is 3. The van der Waals surface area contributed by atoms with Crippen molar-refractivity contribution in [1.29, 1.82) is 0 Å². The number of pyridine rings is 1. The number of ether oxygens (including phenoxy) is 1. The normalized spacial score (nSPS) is 12.0. The van der Waals surface area contributed by atoms with E-state index in [-0.39, 0.29) is 5.91 Å². The minimum atomic E-state index is -0.627. The molecule has 0 bridgehead atoms. The molecular formula is C20H20N2O2. The van der Waals surface area contributed by atoms with Crippen molar-refractivity contribution in [3.8, 4) is 5.75 Å². The molecule has 3 aromatic rings. The second kappa shape index (κ2) is 6.71. The molecule has 0 saturated carbocycles. The summed E-state index contributed by atoms with van der Waals surface area (Å²) in [5.74, 6) is 0.422. The second-order valence-corrected chi connectivity index (χ2v) is 5.90. The van der Waals surface area contributed by atoms with E-state index in [2.05, 4.69) is 10.3 Å². The maximum Gasteiger partial charge on any atom is 0.265 e. The van der Waals surface area contributed by atoms with Crippen LogP contribution in [-0.4, -0.2) is 17.0 Å². The van der Waals surface area contributed by atoms with Gasteiger partial charge in [-0.1, -0.05) is 35.9 Å². The third kappa shape index (κ3) is 3.38. The number of amides is 1. The number of hydrogen-bond donors (Lipinski definition) is 1. The highest BCUT2D eigenvalue weighted by Gasteiger charge is 2.17. The largest absolute Gasteiger partial charge is 0.479 e. The smallest absolute Gasteiger partial charge is 0.265 e. The van der Waals surface area contributed by atoms with Crippen molar-refractivity contribution in [3.63, 3.8) is 0 Å². The fourth-order valence-electron chi connectivity index (χ4n) is 2.60. The summed E-state index contributed by atoms with van der Waals surface area (Å²) in [6, 6.07) is 15.5. The van der Waals surface area contributed by atoms with E-state index in [0.717, 1.165) is 27.7 Å². The monoisotopic (exact) mass is 320 g/mol. The van der Waals surface area contributed by atoms with E-state index in [9.17, 15) is 4.79 Å². The summed E-state index contributed by atoms with van der Waals surface area (Å²) >= 11 is 0. The number of aromatic nitrogens is 1. The highest BCUT2D eigenvalue weighted by atomic mass is 16.5. The highest BCUT2D eigenvalue weighted by Crippen LogP contribution is 2.24. The zero-order chi connectivity index (χ0) is 17.1. The van der Waals surface area contributed by atoms with E-state index < -0.39 is 6.10 Å². The lowest BCUT2D eigenvalue weighted by molar-refractivity contribution is -0.122. The lowest BCUT2D eigenvalue weighted by atomic mass is 10.1. The summed E-state index contributed by atoms with van der Waals surface area (Å²) < 4.78 is 5.85. The molecule has 24 heavy (non-hydrogen) atoms. The first kappa shape index (κ1) is 16.0. The molecule has 0 radical (unpaired) electrons. The predicted octanol–water partition coefficient (Wildman–Crippen LogP) is 4.26. The van der Waals surface area contributed by atoms with Crippen molar-refractivity contribution in [2.24, 2.45) is 0 Å². The Hall–Kier alpha value is -2.88. The van der Waals surface area contributed by atoms with Gasteiger partial charge in [0.25, 0.3) is 5.91 Å². The number of fused-ring (bicyclic) bond motifs is 1. The van der Waals surface area contributed by atoms with Crippen molar-refractivity contribution >= 4 is 22.5 Å². The Balaban J connectivity index is 1.76. The molecule has 0 fully saturated rings. The van der Waals surface area contributed by atoms with Crippen LogP contribution in [0.1, 0.15) is 18.1 Å². The Bertz CT molecular complexity index is 884. The summed E-state index contributed by atoms with van der Waals surface area (Å²) in [6.07, 6.45) is 1.09. The minimum Gasteiger partial charge on any atom is -0.479 e. The van der Waals surface area contributed by atoms with Crippen LogP contribution in [0, 0.1) is 13.8 Å². The van der Waals surface area contributed by atoms with Crippen molar-refractivity contribution < 1.29 is 9.53 Å². The van der Waals surface area contributed by atoms with Gasteiger partial charge in [-0.05, 0) is 44.5 Å². The molecule has 4 heteroatoms. The Morgan fingerprint density at radius 3 is 2.71 bits per heavy atom. The summed E-state index contributed by atoms with van der Waals surface area (Å²) in [5, 5.41) is 3.90. The Kier molecular flexibility index (Phi) is 4.47. The van der Waals surface area contributed by atoms with Gasteiger partial charge < -0.3 is 10.1 Å². The molecule has 1 amide bonds. The lowest BCUT2D eigenvalue weighted by Crippen LogP contribution is -2.30. The van der Waals surface area contributed by atoms with Gasteiger partial charge in [0, 0.05) is 17.3 Å². The van der Waals surface area contributed by atoms with E-state index in [0.29, 0.717) is 5.75 Å². The number of nitrogens with one attached hydrogen (secondary N) is 1. The quantitative estimate of drug-likeness (QED) is 0.781. The fraction of sp³-hybridized carbons (Fsp3) is 0.200. The maximum atomic E-state index is 12.4. The van der Waals surface area contributed by atoms with Crippen molar-refractivity contribution in [2.45, 2.75) is 26.9 Å². The van der Waals surface area contributed by atoms with Gasteiger partial charge in [-0.3, -0.25) is 9.78 Å². The van der Waals surface area contributed by atoms with Crippen molar-refractivity contribution in [3.05, 3.63) is 65.9 Å². The number of nitrogens with zero attached hydrogens (tertiary/aromatic N) is 1. The molecule has 0 aliphatic heterocycles. The number of carbonyl (C=O) groups excluding carboxylic acids is 1. The van der Waals surface area contributed by atoms with Gasteiger partial charge in [0.05, 0.1) is 0 Å². The summed E-state index contributed by atoms with van der Waals surface area (Å²) in [4.78, 5) is 16.8. The first-order valence-corrected chi connectivity index (χ1v) is 7.93. The third-order valence-electron chi connectivity index (χ3n) is 3.91. The van der Waals surface area contributed by atoms with Crippen LogP contribution in [0.25, 0.3) is 10.9 Å². The highest BCUT2D eigenvalue weighted by molar-refractivity contribution is 5.95. The van der Waals surface area contributed by atoms with Crippen LogP contribution in [0.5, 0.6) is 5.75 Å². The van der Waals surface area contributed by atoms with E-state index in [1.165, 1.54) is 0 Å². The van der Waals surface area contributed by atoms with Crippen LogP contribution in [0.3, 0.4) is 0 Å². The molecule has 4 nitrogen and oxygen atoms in total. The Morgan fingerprint density at radius 1 is 1.12 bits per heavy atom. The molecule has 0 saturated heterocycles. The van der Waals surface area contributed by atoms with E-state index in [1.807, 2.05) is 62.4 Å². The molecular weight excluding hydrogens is 300 g/mol. The number of para-hydroxylation sites is 1. The van der Waals surface area contributed by atoms with Gasteiger partial charge in [-0.25, -0.2) is 0 Å². The number of anilines is 1. The molecule has 0 aliphatic rings. The number of aryl methyl sites for hydroxylation is 2. The van der Waals surface area contributed by atoms with Crippen molar-refractivity contribution in [2.75, 3.05) is 5.32 Å². The summed E-state index contributed by atoms with van der Waals surface area (Å²) in [7, 11) is 0. The molecule has 122 valence electrons. The molecule has 1 heterocycles. The molecule has 2 aromatic carbocycles. The Labute approximate surface area is 141 Å². The van der Waals surface area contributed by atoms with Gasteiger partial charge in [-0.2, -0.15) is 0 Å². The lowest BCUT2D eigenvalue weighted by Gasteiger charge is -2.16. The zero-order valence-electron chi connectivity index (χ0n) is 14.0. The maximum absolute atomic E-state index is 12.4. The van der Waals surface area contributed by atoms with E-state index >= 15 is 0 Å². The van der Waals surface area contributed by atoms with Crippen LogP contribution >= 0.6 is 0 Å².